The quantitative estimate of drug-likeness (QED) is 0.775. The molecule has 0 atom stereocenters. The molecular weight excluding hydrogens is 348 g/mol. The molecule has 5 nitrogen and oxygen atoms in total. The molecule has 0 radical (unpaired) electrons. The van der Waals surface area contributed by atoms with Gasteiger partial charge in [-0.05, 0) is 61.1 Å². The maximum Gasteiger partial charge on any atom is 0.261 e. The van der Waals surface area contributed by atoms with Crippen molar-refractivity contribution in [3.63, 3.8) is 0 Å². The van der Waals surface area contributed by atoms with Crippen LogP contribution in [0.1, 0.15) is 41.8 Å². The fourth-order valence-electron chi connectivity index (χ4n) is 2.62. The summed E-state index contributed by atoms with van der Waals surface area (Å²) in [5.74, 6) is 0.355. The molecule has 0 saturated carbocycles. The summed E-state index contributed by atoms with van der Waals surface area (Å²) in [6.07, 6.45) is 1.99. The Morgan fingerprint density at radius 3 is 2.31 bits per heavy atom. The fraction of sp³-hybridized carbons (Fsp3) is 0.350. The molecule has 1 amide bonds. The SMILES string of the molecule is CNC(=O)c1cccc(NS(=O)(=O)c2ccc(CCC(C)C)cc2)c1C. The lowest BCUT2D eigenvalue weighted by Crippen LogP contribution is -2.20. The number of nitrogens with one attached hydrogen (secondary N) is 2. The van der Waals surface area contributed by atoms with Gasteiger partial charge >= 0.3 is 0 Å². The van der Waals surface area contributed by atoms with Crippen molar-refractivity contribution in [2.24, 2.45) is 5.92 Å². The number of carbonyl (C=O) groups is 1. The predicted octanol–water partition coefficient (Wildman–Crippen LogP) is 3.74. The minimum atomic E-state index is -3.71. The molecular formula is C20H26N2O3S. The van der Waals surface area contributed by atoms with Gasteiger partial charge in [-0.15, -0.1) is 0 Å². The van der Waals surface area contributed by atoms with E-state index in [9.17, 15) is 13.2 Å². The maximum absolute atomic E-state index is 12.7. The number of hydrogen-bond donors (Lipinski definition) is 2. The van der Waals surface area contributed by atoms with Crippen LogP contribution in [0.4, 0.5) is 5.69 Å². The average molecular weight is 375 g/mol. The number of rotatable bonds is 7. The Morgan fingerprint density at radius 2 is 1.73 bits per heavy atom. The van der Waals surface area contributed by atoms with E-state index in [1.807, 2.05) is 12.1 Å². The maximum atomic E-state index is 12.7. The highest BCUT2D eigenvalue weighted by Gasteiger charge is 2.17. The molecule has 0 aliphatic carbocycles. The lowest BCUT2D eigenvalue weighted by molar-refractivity contribution is 0.0962. The molecule has 2 N–H and O–H groups in total. The molecule has 0 bridgehead atoms. The molecule has 2 aromatic carbocycles. The number of carbonyl (C=O) groups excluding carboxylic acids is 1. The van der Waals surface area contributed by atoms with E-state index in [1.165, 1.54) is 0 Å². The van der Waals surface area contributed by atoms with E-state index in [0.717, 1.165) is 18.4 Å². The third-order valence-electron chi connectivity index (χ3n) is 4.29. The molecule has 0 spiro atoms. The van der Waals surface area contributed by atoms with E-state index < -0.39 is 10.0 Å². The zero-order chi connectivity index (χ0) is 19.3. The van der Waals surface area contributed by atoms with Gasteiger partial charge < -0.3 is 5.32 Å². The Balaban J connectivity index is 2.22. The Kier molecular flexibility index (Phi) is 6.42. The standard InChI is InChI=1S/C20H26N2O3S/c1-14(2)8-9-16-10-12-17(13-11-16)26(24,25)22-19-7-5-6-18(15(19)3)20(23)21-4/h5-7,10-14,22H,8-9H2,1-4H3,(H,21,23). The summed E-state index contributed by atoms with van der Waals surface area (Å²) < 4.78 is 27.9. The first-order chi connectivity index (χ1) is 12.2. The van der Waals surface area contributed by atoms with Gasteiger partial charge in [0.25, 0.3) is 15.9 Å². The van der Waals surface area contributed by atoms with Gasteiger partial charge in [0.05, 0.1) is 10.6 Å². The van der Waals surface area contributed by atoms with E-state index in [0.29, 0.717) is 22.7 Å². The van der Waals surface area contributed by atoms with Crippen LogP contribution >= 0.6 is 0 Å². The second-order valence-corrected chi connectivity index (χ2v) is 8.42. The van der Waals surface area contributed by atoms with Crippen LogP contribution in [-0.2, 0) is 16.4 Å². The van der Waals surface area contributed by atoms with Crippen molar-refractivity contribution in [3.8, 4) is 0 Å². The highest BCUT2D eigenvalue weighted by atomic mass is 32.2. The largest absolute Gasteiger partial charge is 0.355 e. The van der Waals surface area contributed by atoms with Crippen LogP contribution in [0.5, 0.6) is 0 Å². The first-order valence-electron chi connectivity index (χ1n) is 8.68. The van der Waals surface area contributed by atoms with Gasteiger partial charge in [0.1, 0.15) is 0 Å². The van der Waals surface area contributed by atoms with E-state index in [2.05, 4.69) is 23.9 Å². The lowest BCUT2D eigenvalue weighted by atomic mass is 10.0. The third kappa shape index (κ3) is 4.85. The molecule has 0 aliphatic rings. The predicted molar refractivity (Wildman–Crippen MR) is 105 cm³/mol. The van der Waals surface area contributed by atoms with Crippen LogP contribution in [0.25, 0.3) is 0 Å². The summed E-state index contributed by atoms with van der Waals surface area (Å²) in [5.41, 5.74) is 2.55. The molecule has 0 aromatic heterocycles. The van der Waals surface area contributed by atoms with Gasteiger partial charge in [-0.1, -0.05) is 32.0 Å². The Labute approximate surface area is 155 Å². The lowest BCUT2D eigenvalue weighted by Gasteiger charge is -2.13. The van der Waals surface area contributed by atoms with Gasteiger partial charge in [-0.3, -0.25) is 9.52 Å². The number of hydrogen-bond acceptors (Lipinski definition) is 3. The second kappa shape index (κ2) is 8.36. The Morgan fingerprint density at radius 1 is 1.08 bits per heavy atom. The molecule has 0 heterocycles. The molecule has 2 rings (SSSR count). The van der Waals surface area contributed by atoms with Crippen LogP contribution in [0.3, 0.4) is 0 Å². The van der Waals surface area contributed by atoms with Crippen molar-refractivity contribution >= 4 is 21.6 Å². The van der Waals surface area contributed by atoms with Gasteiger partial charge in [-0.25, -0.2) is 8.42 Å². The van der Waals surface area contributed by atoms with Gasteiger partial charge in [0, 0.05) is 12.6 Å². The molecule has 140 valence electrons. The summed E-state index contributed by atoms with van der Waals surface area (Å²) in [6.45, 7) is 6.05. The van der Waals surface area contributed by atoms with E-state index >= 15 is 0 Å². The Bertz CT molecular complexity index is 872. The molecule has 0 fully saturated rings. The molecule has 0 unspecified atom stereocenters. The summed E-state index contributed by atoms with van der Waals surface area (Å²) in [4.78, 5) is 12.1. The van der Waals surface area contributed by atoms with Crippen molar-refractivity contribution < 1.29 is 13.2 Å². The van der Waals surface area contributed by atoms with Crippen LogP contribution in [0.15, 0.2) is 47.4 Å². The molecule has 26 heavy (non-hydrogen) atoms. The zero-order valence-corrected chi connectivity index (χ0v) is 16.5. The first kappa shape index (κ1) is 20.0. The second-order valence-electron chi connectivity index (χ2n) is 6.74. The van der Waals surface area contributed by atoms with E-state index in [-0.39, 0.29) is 10.8 Å². The van der Waals surface area contributed by atoms with Crippen molar-refractivity contribution in [2.75, 3.05) is 11.8 Å². The van der Waals surface area contributed by atoms with Gasteiger partial charge in [-0.2, -0.15) is 0 Å². The van der Waals surface area contributed by atoms with E-state index in [1.54, 1.807) is 44.3 Å². The highest BCUT2D eigenvalue weighted by Crippen LogP contribution is 2.23. The van der Waals surface area contributed by atoms with Crippen LogP contribution in [0, 0.1) is 12.8 Å². The molecule has 0 saturated heterocycles. The summed E-state index contributed by atoms with van der Waals surface area (Å²) >= 11 is 0. The smallest absolute Gasteiger partial charge is 0.261 e. The zero-order valence-electron chi connectivity index (χ0n) is 15.7. The minimum absolute atomic E-state index is 0.204. The summed E-state index contributed by atoms with van der Waals surface area (Å²) in [5, 5.41) is 2.55. The average Bonchev–Trinajstić information content (AvgIpc) is 2.61. The number of amides is 1. The number of anilines is 1. The minimum Gasteiger partial charge on any atom is -0.355 e. The van der Waals surface area contributed by atoms with Crippen molar-refractivity contribution in [1.82, 2.24) is 5.32 Å². The number of sulfonamides is 1. The van der Waals surface area contributed by atoms with Crippen molar-refractivity contribution in [3.05, 3.63) is 59.2 Å². The highest BCUT2D eigenvalue weighted by molar-refractivity contribution is 7.92. The van der Waals surface area contributed by atoms with Crippen LogP contribution in [0.2, 0.25) is 0 Å². The van der Waals surface area contributed by atoms with Gasteiger partial charge in [0.2, 0.25) is 0 Å². The topological polar surface area (TPSA) is 75.3 Å². The molecule has 6 heteroatoms. The van der Waals surface area contributed by atoms with Crippen LogP contribution < -0.4 is 10.0 Å². The van der Waals surface area contributed by atoms with Gasteiger partial charge in [0.15, 0.2) is 0 Å². The third-order valence-corrected chi connectivity index (χ3v) is 5.68. The summed E-state index contributed by atoms with van der Waals surface area (Å²) in [7, 11) is -2.17. The summed E-state index contributed by atoms with van der Waals surface area (Å²) in [6, 6.07) is 11.9. The molecule has 0 aliphatic heterocycles. The van der Waals surface area contributed by atoms with Crippen LogP contribution in [-0.4, -0.2) is 21.4 Å². The first-order valence-corrected chi connectivity index (χ1v) is 10.2. The molecule has 2 aromatic rings. The van der Waals surface area contributed by atoms with E-state index in [4.69, 9.17) is 0 Å². The number of benzene rings is 2. The monoisotopic (exact) mass is 374 g/mol. The van der Waals surface area contributed by atoms with Crippen molar-refractivity contribution in [2.45, 2.75) is 38.5 Å². The number of aryl methyl sites for hydroxylation is 1. The fourth-order valence-corrected chi connectivity index (χ4v) is 3.74. The van der Waals surface area contributed by atoms with Crippen molar-refractivity contribution in [1.29, 1.82) is 0 Å². The normalized spacial score (nSPS) is 11.4. The Hall–Kier alpha value is -2.34.